The first-order chi connectivity index (χ1) is 6.68. The summed E-state index contributed by atoms with van der Waals surface area (Å²) in [6, 6.07) is 1.98. The zero-order valence-electron chi connectivity index (χ0n) is 9.61. The summed E-state index contributed by atoms with van der Waals surface area (Å²) in [5.74, 6) is -0.928. The summed E-state index contributed by atoms with van der Waals surface area (Å²) in [6.07, 6.45) is 0.103. The second kappa shape index (κ2) is 4.87. The smallest absolute Gasteiger partial charge is 0.303 e. The molecule has 0 aromatic heterocycles. The number of carboxylic acid groups (broad SMARTS) is 1. The van der Waals surface area contributed by atoms with Gasteiger partial charge in [0.15, 0.2) is 5.54 Å². The van der Waals surface area contributed by atoms with Gasteiger partial charge in [0.1, 0.15) is 0 Å². The first-order valence-corrected chi connectivity index (χ1v) is 4.76. The van der Waals surface area contributed by atoms with Crippen LogP contribution in [0.5, 0.6) is 0 Å². The molecule has 0 radical (unpaired) electrons. The molecular weight excluding hydrogens is 194 g/mol. The largest absolute Gasteiger partial charge is 0.481 e. The zero-order valence-corrected chi connectivity index (χ0v) is 9.61. The van der Waals surface area contributed by atoms with Crippen molar-refractivity contribution in [2.45, 2.75) is 51.6 Å². The molecule has 0 rings (SSSR count). The van der Waals surface area contributed by atoms with Crippen molar-refractivity contribution in [3.8, 4) is 6.07 Å². The molecule has 5 heteroatoms. The fourth-order valence-electron chi connectivity index (χ4n) is 0.739. The van der Waals surface area contributed by atoms with E-state index >= 15 is 0 Å². The first-order valence-electron chi connectivity index (χ1n) is 4.76. The van der Waals surface area contributed by atoms with Gasteiger partial charge in [-0.3, -0.25) is 4.79 Å². The lowest BCUT2D eigenvalue weighted by molar-refractivity contribution is -0.137. The third-order valence-electron chi connectivity index (χ3n) is 1.64. The van der Waals surface area contributed by atoms with Crippen molar-refractivity contribution in [3.05, 3.63) is 0 Å². The molecule has 0 fully saturated rings. The molecule has 0 aliphatic rings. The van der Waals surface area contributed by atoms with Crippen molar-refractivity contribution in [1.82, 2.24) is 0 Å². The van der Waals surface area contributed by atoms with Crippen LogP contribution in [0.2, 0.25) is 0 Å². The zero-order chi connectivity index (χ0) is 12.1. The van der Waals surface area contributed by atoms with E-state index in [-0.39, 0.29) is 18.4 Å². The molecule has 15 heavy (non-hydrogen) atoms. The lowest BCUT2D eigenvalue weighted by Crippen LogP contribution is -2.22. The predicted octanol–water partition coefficient (Wildman–Crippen LogP) is 2.38. The predicted molar refractivity (Wildman–Crippen MR) is 55.5 cm³/mol. The molecule has 0 saturated heterocycles. The average molecular weight is 211 g/mol. The van der Waals surface area contributed by atoms with E-state index in [1.54, 1.807) is 6.92 Å². The van der Waals surface area contributed by atoms with E-state index in [0.29, 0.717) is 0 Å². The van der Waals surface area contributed by atoms with Crippen LogP contribution in [-0.4, -0.2) is 22.2 Å². The Kier molecular flexibility index (Phi) is 4.40. The van der Waals surface area contributed by atoms with E-state index < -0.39 is 11.5 Å². The lowest BCUT2D eigenvalue weighted by Gasteiger charge is -2.17. The van der Waals surface area contributed by atoms with E-state index in [1.165, 1.54) is 0 Å². The van der Waals surface area contributed by atoms with Crippen molar-refractivity contribution >= 4 is 5.97 Å². The highest BCUT2D eigenvalue weighted by Crippen LogP contribution is 2.20. The van der Waals surface area contributed by atoms with Crippen molar-refractivity contribution < 1.29 is 9.90 Å². The number of azo groups is 1. The van der Waals surface area contributed by atoms with Crippen LogP contribution in [0.1, 0.15) is 40.5 Å². The first kappa shape index (κ1) is 13.6. The third kappa shape index (κ3) is 6.61. The molecule has 0 aromatic carbocycles. The minimum absolute atomic E-state index is 0.0762. The quantitative estimate of drug-likeness (QED) is 0.724. The molecule has 0 heterocycles. The van der Waals surface area contributed by atoms with Gasteiger partial charge in [0, 0.05) is 6.42 Å². The Bertz CT molecular complexity index is 299. The summed E-state index contributed by atoms with van der Waals surface area (Å²) in [4.78, 5) is 10.4. The molecule has 0 aliphatic carbocycles. The van der Waals surface area contributed by atoms with Crippen molar-refractivity contribution in [2.75, 3.05) is 0 Å². The molecule has 0 amide bonds. The van der Waals surface area contributed by atoms with E-state index in [1.807, 2.05) is 26.8 Å². The molecular formula is C10H17N3O2. The Morgan fingerprint density at radius 1 is 1.33 bits per heavy atom. The number of rotatable bonds is 4. The van der Waals surface area contributed by atoms with Gasteiger partial charge in [-0.15, -0.1) is 0 Å². The summed E-state index contributed by atoms with van der Waals surface area (Å²) in [5.41, 5.74) is -1.38. The van der Waals surface area contributed by atoms with Gasteiger partial charge < -0.3 is 5.11 Å². The van der Waals surface area contributed by atoms with Gasteiger partial charge >= 0.3 is 5.97 Å². The molecule has 0 saturated carbocycles. The Morgan fingerprint density at radius 3 is 2.20 bits per heavy atom. The molecule has 1 N–H and O–H groups in total. The summed E-state index contributed by atoms with van der Waals surface area (Å²) < 4.78 is 0. The maximum absolute atomic E-state index is 10.4. The van der Waals surface area contributed by atoms with Crippen LogP contribution in [0.3, 0.4) is 0 Å². The Labute approximate surface area is 89.8 Å². The van der Waals surface area contributed by atoms with Gasteiger partial charge in [-0.2, -0.15) is 15.5 Å². The molecule has 5 nitrogen and oxygen atoms in total. The molecule has 0 bridgehead atoms. The van der Waals surface area contributed by atoms with Gasteiger partial charge in [0.2, 0.25) is 0 Å². The molecule has 0 spiro atoms. The number of hydrogen-bond acceptors (Lipinski definition) is 4. The average Bonchev–Trinajstić information content (AvgIpc) is 2.10. The fraction of sp³-hybridized carbons (Fsp3) is 0.800. The number of nitriles is 1. The van der Waals surface area contributed by atoms with E-state index in [4.69, 9.17) is 10.4 Å². The minimum atomic E-state index is -1.04. The van der Waals surface area contributed by atoms with Crippen LogP contribution in [0.25, 0.3) is 0 Å². The number of nitrogens with zero attached hydrogens (tertiary/aromatic N) is 3. The summed E-state index contributed by atoms with van der Waals surface area (Å²) in [7, 11) is 0. The van der Waals surface area contributed by atoms with Gasteiger partial charge in [-0.25, -0.2) is 0 Å². The Hall–Kier alpha value is -1.44. The summed E-state index contributed by atoms with van der Waals surface area (Å²) >= 11 is 0. The van der Waals surface area contributed by atoms with Crippen LogP contribution >= 0.6 is 0 Å². The fourth-order valence-corrected chi connectivity index (χ4v) is 0.739. The normalized spacial score (nSPS) is 15.9. The number of carbonyl (C=O) groups is 1. The number of aliphatic carboxylic acids is 1. The van der Waals surface area contributed by atoms with Crippen molar-refractivity contribution in [1.29, 1.82) is 5.26 Å². The molecule has 84 valence electrons. The highest BCUT2D eigenvalue weighted by molar-refractivity contribution is 5.66. The van der Waals surface area contributed by atoms with Crippen LogP contribution in [-0.2, 0) is 4.79 Å². The van der Waals surface area contributed by atoms with Gasteiger partial charge in [-0.05, 0) is 34.1 Å². The van der Waals surface area contributed by atoms with Gasteiger partial charge in [0.05, 0.1) is 11.6 Å². The van der Waals surface area contributed by atoms with Crippen molar-refractivity contribution in [2.24, 2.45) is 10.2 Å². The Balaban J connectivity index is 4.53. The monoisotopic (exact) mass is 211 g/mol. The van der Waals surface area contributed by atoms with Crippen LogP contribution in [0.4, 0.5) is 0 Å². The highest BCUT2D eigenvalue weighted by Gasteiger charge is 2.25. The topological polar surface area (TPSA) is 85.8 Å². The third-order valence-corrected chi connectivity index (χ3v) is 1.64. The van der Waals surface area contributed by atoms with Crippen LogP contribution in [0, 0.1) is 11.3 Å². The SMILES string of the molecule is CC(C)(C)/N=N/C(C)(C#N)CCC(=O)O. The van der Waals surface area contributed by atoms with Gasteiger partial charge in [0.25, 0.3) is 0 Å². The summed E-state index contributed by atoms with van der Waals surface area (Å²) in [5, 5.41) is 25.3. The second-order valence-corrected chi connectivity index (χ2v) is 4.65. The van der Waals surface area contributed by atoms with Crippen LogP contribution < -0.4 is 0 Å². The molecule has 1 atom stereocenters. The minimum Gasteiger partial charge on any atom is -0.481 e. The van der Waals surface area contributed by atoms with E-state index in [0.717, 1.165) is 0 Å². The van der Waals surface area contributed by atoms with Gasteiger partial charge in [-0.1, -0.05) is 0 Å². The van der Waals surface area contributed by atoms with E-state index in [2.05, 4.69) is 10.2 Å². The van der Waals surface area contributed by atoms with E-state index in [9.17, 15) is 4.79 Å². The summed E-state index contributed by atoms with van der Waals surface area (Å²) in [6.45, 7) is 7.19. The lowest BCUT2D eigenvalue weighted by atomic mass is 9.99. The molecule has 1 unspecified atom stereocenters. The maximum atomic E-state index is 10.4. The molecule has 0 aromatic rings. The van der Waals surface area contributed by atoms with Crippen LogP contribution in [0.15, 0.2) is 10.2 Å². The maximum Gasteiger partial charge on any atom is 0.303 e. The Morgan fingerprint density at radius 2 is 1.87 bits per heavy atom. The van der Waals surface area contributed by atoms with Crippen molar-refractivity contribution in [3.63, 3.8) is 0 Å². The number of hydrogen-bond donors (Lipinski definition) is 1. The number of carboxylic acids is 1. The standard InChI is InChI=1S/C10H17N3O2/c1-9(2,3)12-13-10(4,7-11)6-5-8(14)15/h5-6H2,1-4H3,(H,14,15)/b13-12+. The molecule has 0 aliphatic heterocycles. The second-order valence-electron chi connectivity index (χ2n) is 4.65. The highest BCUT2D eigenvalue weighted by atomic mass is 16.4.